The molecule has 150 valence electrons. The lowest BCUT2D eigenvalue weighted by atomic mass is 10.2. The number of rotatable bonds is 7. The van der Waals surface area contributed by atoms with Crippen LogP contribution in [0.4, 0.5) is 22.2 Å². The summed E-state index contributed by atoms with van der Waals surface area (Å²) >= 11 is 2.83. The Bertz CT molecular complexity index is 950. The van der Waals surface area contributed by atoms with Crippen LogP contribution in [0.3, 0.4) is 0 Å². The predicted octanol–water partition coefficient (Wildman–Crippen LogP) is 4.92. The van der Waals surface area contributed by atoms with Gasteiger partial charge in [0.15, 0.2) is 4.34 Å². The summed E-state index contributed by atoms with van der Waals surface area (Å²) in [6.07, 6.45) is 2.51. The molecule has 2 aromatic carbocycles. The van der Waals surface area contributed by atoms with Crippen LogP contribution in [0, 0.1) is 6.92 Å². The summed E-state index contributed by atoms with van der Waals surface area (Å²) in [5.41, 5.74) is 4.22. The van der Waals surface area contributed by atoms with Gasteiger partial charge in [-0.25, -0.2) is 0 Å². The van der Waals surface area contributed by atoms with Gasteiger partial charge in [0, 0.05) is 30.2 Å². The molecule has 0 atom stereocenters. The number of hydrogen-bond acceptors (Lipinski definition) is 7. The average Bonchev–Trinajstić information content (AvgIpc) is 3.41. The maximum absolute atomic E-state index is 12.3. The minimum Gasteiger partial charge on any atom is -0.372 e. The van der Waals surface area contributed by atoms with Gasteiger partial charge in [-0.3, -0.25) is 4.79 Å². The Balaban J connectivity index is 1.25. The second-order valence-corrected chi connectivity index (χ2v) is 9.14. The molecule has 0 aliphatic carbocycles. The fourth-order valence-electron chi connectivity index (χ4n) is 3.13. The lowest BCUT2D eigenvalue weighted by molar-refractivity contribution is -0.113. The standard InChI is InChI=1S/C21H23N5OS2/c1-15-4-6-17(7-5-15)23-20-24-25-21(29-20)28-14-19(27)22-16-8-10-18(11-9-16)26-12-2-3-13-26/h4-11H,2-3,12-14H2,1H3,(H,22,27)(H,23,24). The summed E-state index contributed by atoms with van der Waals surface area (Å²) < 4.78 is 0.763. The zero-order chi connectivity index (χ0) is 20.1. The first-order valence-corrected chi connectivity index (χ1v) is 11.4. The summed E-state index contributed by atoms with van der Waals surface area (Å²) in [6.45, 7) is 4.28. The molecular weight excluding hydrogens is 402 g/mol. The molecule has 6 nitrogen and oxygen atoms in total. The minimum atomic E-state index is -0.0489. The normalized spacial score (nSPS) is 13.5. The number of carbonyl (C=O) groups excluding carboxylic acids is 1. The van der Waals surface area contributed by atoms with Crippen molar-refractivity contribution in [3.05, 3.63) is 54.1 Å². The number of nitrogens with one attached hydrogen (secondary N) is 2. The number of thioether (sulfide) groups is 1. The molecule has 1 fully saturated rings. The van der Waals surface area contributed by atoms with E-state index in [1.165, 1.54) is 47.2 Å². The maximum Gasteiger partial charge on any atom is 0.234 e. The number of benzene rings is 2. The predicted molar refractivity (Wildman–Crippen MR) is 122 cm³/mol. The van der Waals surface area contributed by atoms with Crippen molar-refractivity contribution in [2.75, 3.05) is 34.4 Å². The van der Waals surface area contributed by atoms with E-state index in [2.05, 4.69) is 44.8 Å². The summed E-state index contributed by atoms with van der Waals surface area (Å²) in [7, 11) is 0. The highest BCUT2D eigenvalue weighted by molar-refractivity contribution is 8.01. The molecule has 0 saturated carbocycles. The molecule has 2 N–H and O–H groups in total. The lowest BCUT2D eigenvalue weighted by Crippen LogP contribution is -2.18. The lowest BCUT2D eigenvalue weighted by Gasteiger charge is -2.17. The van der Waals surface area contributed by atoms with Crippen LogP contribution in [0.5, 0.6) is 0 Å². The first kappa shape index (κ1) is 19.7. The highest BCUT2D eigenvalue weighted by Gasteiger charge is 2.12. The summed E-state index contributed by atoms with van der Waals surface area (Å²) in [4.78, 5) is 14.6. The summed E-state index contributed by atoms with van der Waals surface area (Å²) in [5.74, 6) is 0.250. The van der Waals surface area contributed by atoms with Crippen molar-refractivity contribution in [3.63, 3.8) is 0 Å². The number of nitrogens with zero attached hydrogens (tertiary/aromatic N) is 3. The van der Waals surface area contributed by atoms with Gasteiger partial charge in [-0.2, -0.15) is 0 Å². The molecular formula is C21H23N5OS2. The molecule has 8 heteroatoms. The molecule has 29 heavy (non-hydrogen) atoms. The molecule has 1 amide bonds. The molecule has 0 unspecified atom stereocenters. The highest BCUT2D eigenvalue weighted by atomic mass is 32.2. The van der Waals surface area contributed by atoms with Crippen LogP contribution in [-0.2, 0) is 4.79 Å². The van der Waals surface area contributed by atoms with Crippen molar-refractivity contribution in [1.29, 1.82) is 0 Å². The van der Waals surface area contributed by atoms with E-state index in [4.69, 9.17) is 0 Å². The first-order chi connectivity index (χ1) is 14.2. The number of aromatic nitrogens is 2. The Hall–Kier alpha value is -2.58. The molecule has 1 aliphatic rings. The van der Waals surface area contributed by atoms with Crippen LogP contribution in [0.1, 0.15) is 18.4 Å². The van der Waals surface area contributed by atoms with E-state index in [1.807, 2.05) is 36.4 Å². The minimum absolute atomic E-state index is 0.0489. The Morgan fingerprint density at radius 2 is 1.72 bits per heavy atom. The van der Waals surface area contributed by atoms with Gasteiger partial charge < -0.3 is 15.5 Å². The van der Waals surface area contributed by atoms with Gasteiger partial charge >= 0.3 is 0 Å². The van der Waals surface area contributed by atoms with Gasteiger partial charge in [0.1, 0.15) is 0 Å². The van der Waals surface area contributed by atoms with Crippen LogP contribution in [-0.4, -0.2) is 34.9 Å². The Morgan fingerprint density at radius 3 is 2.45 bits per heavy atom. The van der Waals surface area contributed by atoms with Gasteiger partial charge in [0.05, 0.1) is 5.75 Å². The van der Waals surface area contributed by atoms with Gasteiger partial charge in [-0.15, -0.1) is 10.2 Å². The molecule has 2 heterocycles. The third kappa shape index (κ3) is 5.48. The maximum atomic E-state index is 12.3. The second-order valence-electron chi connectivity index (χ2n) is 6.94. The van der Waals surface area contributed by atoms with Gasteiger partial charge in [0.25, 0.3) is 0 Å². The molecule has 1 saturated heterocycles. The largest absolute Gasteiger partial charge is 0.372 e. The Morgan fingerprint density at radius 1 is 1.03 bits per heavy atom. The van der Waals surface area contributed by atoms with E-state index in [9.17, 15) is 4.79 Å². The SMILES string of the molecule is Cc1ccc(Nc2nnc(SCC(=O)Nc3ccc(N4CCCC4)cc3)s2)cc1. The zero-order valence-electron chi connectivity index (χ0n) is 16.2. The monoisotopic (exact) mass is 425 g/mol. The van der Waals surface area contributed by atoms with E-state index in [-0.39, 0.29) is 5.91 Å². The molecule has 1 aliphatic heterocycles. The molecule has 0 bridgehead atoms. The fourth-order valence-corrected chi connectivity index (χ4v) is 4.71. The van der Waals surface area contributed by atoms with Gasteiger partial charge in [-0.05, 0) is 56.2 Å². The van der Waals surface area contributed by atoms with Crippen molar-refractivity contribution in [2.45, 2.75) is 24.1 Å². The zero-order valence-corrected chi connectivity index (χ0v) is 17.9. The second kappa shape index (κ2) is 9.28. The third-order valence-electron chi connectivity index (χ3n) is 4.66. The first-order valence-electron chi connectivity index (χ1n) is 9.60. The van der Waals surface area contributed by atoms with Crippen molar-refractivity contribution in [1.82, 2.24) is 10.2 Å². The quantitative estimate of drug-likeness (QED) is 0.524. The topological polar surface area (TPSA) is 70.1 Å². The van der Waals surface area contributed by atoms with Gasteiger partial charge in [-0.1, -0.05) is 40.8 Å². The fraction of sp³-hybridized carbons (Fsp3) is 0.286. The van der Waals surface area contributed by atoms with Crippen molar-refractivity contribution in [2.24, 2.45) is 0 Å². The summed E-state index contributed by atoms with van der Waals surface area (Å²) in [5, 5.41) is 15.2. The molecule has 4 rings (SSSR count). The Labute approximate surface area is 178 Å². The van der Waals surface area contributed by atoms with Crippen LogP contribution in [0.25, 0.3) is 0 Å². The van der Waals surface area contributed by atoms with Crippen LogP contribution < -0.4 is 15.5 Å². The van der Waals surface area contributed by atoms with Gasteiger partial charge in [0.2, 0.25) is 11.0 Å². The molecule has 3 aromatic rings. The van der Waals surface area contributed by atoms with E-state index in [1.54, 1.807) is 0 Å². The number of amides is 1. The summed E-state index contributed by atoms with van der Waals surface area (Å²) in [6, 6.07) is 16.2. The third-order valence-corrected chi connectivity index (χ3v) is 6.63. The molecule has 1 aromatic heterocycles. The number of aryl methyl sites for hydroxylation is 1. The van der Waals surface area contributed by atoms with Crippen molar-refractivity contribution >= 4 is 51.2 Å². The van der Waals surface area contributed by atoms with E-state index < -0.39 is 0 Å². The van der Waals surface area contributed by atoms with E-state index >= 15 is 0 Å². The highest BCUT2D eigenvalue weighted by Crippen LogP contribution is 2.28. The molecule has 0 spiro atoms. The van der Waals surface area contributed by atoms with E-state index in [0.29, 0.717) is 10.9 Å². The number of carbonyl (C=O) groups is 1. The van der Waals surface area contributed by atoms with Crippen molar-refractivity contribution in [3.8, 4) is 0 Å². The van der Waals surface area contributed by atoms with E-state index in [0.717, 1.165) is 28.8 Å². The van der Waals surface area contributed by atoms with Crippen LogP contribution in [0.15, 0.2) is 52.9 Å². The average molecular weight is 426 g/mol. The number of hydrogen-bond donors (Lipinski definition) is 2. The number of anilines is 4. The Kier molecular flexibility index (Phi) is 6.31. The van der Waals surface area contributed by atoms with Crippen molar-refractivity contribution < 1.29 is 4.79 Å². The van der Waals surface area contributed by atoms with Crippen LogP contribution >= 0.6 is 23.1 Å². The smallest absolute Gasteiger partial charge is 0.234 e. The molecule has 0 radical (unpaired) electrons. The van der Waals surface area contributed by atoms with Crippen LogP contribution in [0.2, 0.25) is 0 Å².